The monoisotopic (exact) mass is 450 g/mol. The summed E-state index contributed by atoms with van der Waals surface area (Å²) in [5, 5.41) is 1.74. The molecule has 0 radical (unpaired) electrons. The molecule has 1 atom stereocenters. The topological polar surface area (TPSA) is 54.6 Å². The van der Waals surface area contributed by atoms with E-state index in [1.54, 1.807) is 12.0 Å². The summed E-state index contributed by atoms with van der Waals surface area (Å²) in [6.07, 6.45) is 0.169. The molecule has 0 saturated heterocycles. The minimum atomic E-state index is -0.500. The lowest BCUT2D eigenvalue weighted by Crippen LogP contribution is -2.42. The lowest BCUT2D eigenvalue weighted by atomic mass is 9.92. The van der Waals surface area contributed by atoms with Gasteiger partial charge in [-0.15, -0.1) is 0 Å². The number of rotatable bonds is 3. The molecule has 0 fully saturated rings. The molecule has 1 unspecified atom stereocenters. The largest absolute Gasteiger partial charge is 0.497 e. The number of nitrogens with one attached hydrogen (secondary N) is 1. The van der Waals surface area contributed by atoms with Gasteiger partial charge in [0.05, 0.1) is 7.11 Å². The normalized spacial score (nSPS) is 15.5. The molecule has 1 amide bonds. The van der Waals surface area contributed by atoms with Crippen LogP contribution in [-0.2, 0) is 6.42 Å². The maximum Gasteiger partial charge on any atom is 0.416 e. The summed E-state index contributed by atoms with van der Waals surface area (Å²) >= 11 is 6.20. The molecule has 1 aromatic heterocycles. The molecule has 0 aliphatic carbocycles. The van der Waals surface area contributed by atoms with Gasteiger partial charge in [-0.05, 0) is 66.1 Å². The summed E-state index contributed by atoms with van der Waals surface area (Å²) in [6.45, 7) is 0.472. The van der Waals surface area contributed by atoms with Gasteiger partial charge in [0.25, 0.3) is 0 Å². The van der Waals surface area contributed by atoms with Gasteiger partial charge in [0.1, 0.15) is 23.4 Å². The van der Waals surface area contributed by atoms with Crippen molar-refractivity contribution in [3.63, 3.8) is 0 Å². The second-order valence-electron chi connectivity index (χ2n) is 7.65. The highest BCUT2D eigenvalue weighted by molar-refractivity contribution is 6.31. The van der Waals surface area contributed by atoms with E-state index in [9.17, 15) is 9.18 Å². The van der Waals surface area contributed by atoms with Crippen LogP contribution in [0.3, 0.4) is 0 Å². The SMILES string of the molecule is COc1ccc(C2c3[nH]c4cc(Cl)ccc4c3CCN2C(=O)Oc2ccc(F)cc2)cc1. The van der Waals surface area contributed by atoms with Gasteiger partial charge in [-0.3, -0.25) is 4.90 Å². The summed E-state index contributed by atoms with van der Waals surface area (Å²) in [5.74, 6) is 0.632. The third-order valence-electron chi connectivity index (χ3n) is 5.77. The highest BCUT2D eigenvalue weighted by atomic mass is 35.5. The lowest BCUT2D eigenvalue weighted by molar-refractivity contribution is 0.135. The van der Waals surface area contributed by atoms with Crippen LogP contribution in [0.15, 0.2) is 66.7 Å². The Morgan fingerprint density at radius 2 is 1.78 bits per heavy atom. The molecular formula is C25H20ClFN2O3. The molecule has 4 aromatic rings. The van der Waals surface area contributed by atoms with Crippen molar-refractivity contribution in [1.82, 2.24) is 9.88 Å². The van der Waals surface area contributed by atoms with Crippen LogP contribution in [0.1, 0.15) is 22.9 Å². The van der Waals surface area contributed by atoms with Crippen molar-refractivity contribution in [1.29, 1.82) is 0 Å². The van der Waals surface area contributed by atoms with Crippen molar-refractivity contribution < 1.29 is 18.7 Å². The van der Waals surface area contributed by atoms with Gasteiger partial charge in [-0.25, -0.2) is 9.18 Å². The number of hydrogen-bond donors (Lipinski definition) is 1. The standard InChI is InChI=1S/C25H20ClFN2O3/c1-31-18-7-2-15(3-8-18)24-23-21(20-11-4-16(26)14-22(20)28-23)12-13-29(24)25(30)32-19-9-5-17(27)6-10-19/h2-11,14,24,28H,12-13H2,1H3. The zero-order chi connectivity index (χ0) is 22.2. The third-order valence-corrected chi connectivity index (χ3v) is 6.01. The molecule has 7 heteroatoms. The van der Waals surface area contributed by atoms with Gasteiger partial charge in [0.15, 0.2) is 0 Å². The highest BCUT2D eigenvalue weighted by Gasteiger charge is 2.35. The fourth-order valence-electron chi connectivity index (χ4n) is 4.26. The molecule has 162 valence electrons. The van der Waals surface area contributed by atoms with Gasteiger partial charge in [-0.2, -0.15) is 0 Å². The van der Waals surface area contributed by atoms with Crippen LogP contribution in [-0.4, -0.2) is 29.6 Å². The van der Waals surface area contributed by atoms with Gasteiger partial charge in [-0.1, -0.05) is 29.8 Å². The van der Waals surface area contributed by atoms with Crippen LogP contribution in [0.4, 0.5) is 9.18 Å². The summed E-state index contributed by atoms with van der Waals surface area (Å²) in [6, 6.07) is 18.4. The Morgan fingerprint density at radius 1 is 1.06 bits per heavy atom. The Labute approximate surface area is 189 Å². The van der Waals surface area contributed by atoms with Crippen molar-refractivity contribution >= 4 is 28.6 Å². The zero-order valence-electron chi connectivity index (χ0n) is 17.3. The number of aromatic amines is 1. The van der Waals surface area contributed by atoms with Gasteiger partial charge >= 0.3 is 6.09 Å². The van der Waals surface area contributed by atoms with E-state index in [-0.39, 0.29) is 11.9 Å². The van der Waals surface area contributed by atoms with Crippen molar-refractivity contribution in [2.75, 3.05) is 13.7 Å². The number of benzene rings is 3. The van der Waals surface area contributed by atoms with E-state index in [4.69, 9.17) is 21.1 Å². The fraction of sp³-hybridized carbons (Fsp3) is 0.160. The molecule has 1 aliphatic heterocycles. The molecule has 1 aliphatic rings. The maximum absolute atomic E-state index is 13.2. The summed E-state index contributed by atoms with van der Waals surface area (Å²) in [5.41, 5.74) is 3.92. The first-order valence-corrected chi connectivity index (χ1v) is 10.6. The first-order valence-electron chi connectivity index (χ1n) is 10.2. The number of fused-ring (bicyclic) bond motifs is 3. The van der Waals surface area contributed by atoms with Crippen LogP contribution >= 0.6 is 11.6 Å². The number of hydrogen-bond acceptors (Lipinski definition) is 3. The van der Waals surface area contributed by atoms with Crippen molar-refractivity contribution in [3.05, 3.63) is 94.4 Å². The third kappa shape index (κ3) is 3.67. The van der Waals surface area contributed by atoms with Crippen LogP contribution < -0.4 is 9.47 Å². The van der Waals surface area contributed by atoms with E-state index < -0.39 is 6.09 Å². The number of amides is 1. The predicted molar refractivity (Wildman–Crippen MR) is 121 cm³/mol. The number of ether oxygens (including phenoxy) is 2. The van der Waals surface area contributed by atoms with E-state index in [1.807, 2.05) is 42.5 Å². The minimum Gasteiger partial charge on any atom is -0.497 e. The Kier molecular flexibility index (Phi) is 5.23. The number of halogens is 2. The molecule has 5 rings (SSSR count). The second-order valence-corrected chi connectivity index (χ2v) is 8.08. The average Bonchev–Trinajstić information content (AvgIpc) is 3.17. The van der Waals surface area contributed by atoms with Crippen LogP contribution in [0.25, 0.3) is 10.9 Å². The number of aromatic nitrogens is 1. The molecule has 2 heterocycles. The highest BCUT2D eigenvalue weighted by Crippen LogP contribution is 2.39. The van der Waals surface area contributed by atoms with E-state index in [0.29, 0.717) is 23.7 Å². The molecule has 0 spiro atoms. The summed E-state index contributed by atoms with van der Waals surface area (Å²) < 4.78 is 24.1. The maximum atomic E-state index is 13.2. The fourth-order valence-corrected chi connectivity index (χ4v) is 4.43. The number of methoxy groups -OCH3 is 1. The van der Waals surface area contributed by atoms with Gasteiger partial charge < -0.3 is 14.5 Å². The quantitative estimate of drug-likeness (QED) is 0.409. The molecule has 0 saturated carbocycles. The zero-order valence-corrected chi connectivity index (χ0v) is 18.0. The van der Waals surface area contributed by atoms with Crippen LogP contribution in [0.2, 0.25) is 5.02 Å². The molecule has 3 aromatic carbocycles. The van der Waals surface area contributed by atoms with E-state index in [2.05, 4.69) is 4.98 Å². The summed E-state index contributed by atoms with van der Waals surface area (Å²) in [7, 11) is 1.61. The smallest absolute Gasteiger partial charge is 0.416 e. The number of nitrogens with zero attached hydrogens (tertiary/aromatic N) is 1. The predicted octanol–water partition coefficient (Wildman–Crippen LogP) is 6.12. The van der Waals surface area contributed by atoms with E-state index in [0.717, 1.165) is 33.5 Å². The van der Waals surface area contributed by atoms with E-state index >= 15 is 0 Å². The lowest BCUT2D eigenvalue weighted by Gasteiger charge is -2.35. The minimum absolute atomic E-state index is 0.291. The Balaban J connectivity index is 1.57. The molecule has 5 nitrogen and oxygen atoms in total. The van der Waals surface area contributed by atoms with Crippen LogP contribution in [0.5, 0.6) is 11.5 Å². The van der Waals surface area contributed by atoms with Crippen LogP contribution in [0, 0.1) is 5.82 Å². The molecule has 1 N–H and O–H groups in total. The molecular weight excluding hydrogens is 431 g/mol. The number of carbonyl (C=O) groups excluding carboxylic acids is 1. The van der Waals surface area contributed by atoms with Gasteiger partial charge in [0.2, 0.25) is 0 Å². The Hall–Kier alpha value is -3.51. The van der Waals surface area contributed by atoms with E-state index in [1.165, 1.54) is 24.3 Å². The first-order chi connectivity index (χ1) is 15.5. The Bertz CT molecular complexity index is 1290. The molecule has 32 heavy (non-hydrogen) atoms. The van der Waals surface area contributed by atoms with Crippen molar-refractivity contribution in [2.45, 2.75) is 12.5 Å². The summed E-state index contributed by atoms with van der Waals surface area (Å²) in [4.78, 5) is 18.3. The van der Waals surface area contributed by atoms with Gasteiger partial charge in [0, 0.05) is 28.2 Å². The Morgan fingerprint density at radius 3 is 2.50 bits per heavy atom. The number of H-pyrrole nitrogens is 1. The second kappa shape index (κ2) is 8.20. The first kappa shape index (κ1) is 20.4. The molecule has 0 bridgehead atoms. The van der Waals surface area contributed by atoms with Crippen molar-refractivity contribution in [3.8, 4) is 11.5 Å². The average molecular weight is 451 g/mol. The number of carbonyl (C=O) groups is 1. The van der Waals surface area contributed by atoms with Crippen molar-refractivity contribution in [2.24, 2.45) is 0 Å².